The molecule has 0 bridgehead atoms. The van der Waals surface area contributed by atoms with E-state index in [-0.39, 0.29) is 29.9 Å². The van der Waals surface area contributed by atoms with Gasteiger partial charge in [-0.25, -0.2) is 9.78 Å². The molecule has 8 nitrogen and oxygen atoms in total. The Morgan fingerprint density at radius 3 is 3.00 bits per heavy atom. The molecular weight excluding hydrogens is 346 g/mol. The van der Waals surface area contributed by atoms with Crippen LogP contribution in [-0.4, -0.2) is 29.6 Å². The number of benzene rings is 1. The summed E-state index contributed by atoms with van der Waals surface area (Å²) < 4.78 is 5.16. The van der Waals surface area contributed by atoms with Crippen molar-refractivity contribution in [1.29, 1.82) is 5.26 Å². The van der Waals surface area contributed by atoms with Gasteiger partial charge in [-0.05, 0) is 36.4 Å². The van der Waals surface area contributed by atoms with Gasteiger partial charge in [-0.15, -0.1) is 0 Å². The molecule has 3 unspecified atom stereocenters. The van der Waals surface area contributed by atoms with Gasteiger partial charge < -0.3 is 15.8 Å². The van der Waals surface area contributed by atoms with Crippen LogP contribution >= 0.6 is 0 Å². The molecule has 2 aliphatic rings. The Morgan fingerprint density at radius 2 is 2.30 bits per heavy atom. The van der Waals surface area contributed by atoms with Gasteiger partial charge in [-0.2, -0.15) is 5.26 Å². The van der Waals surface area contributed by atoms with Crippen molar-refractivity contribution in [3.05, 3.63) is 24.4 Å². The second-order valence-electron chi connectivity index (χ2n) is 6.90. The van der Waals surface area contributed by atoms with Crippen LogP contribution in [-0.2, 0) is 9.53 Å². The van der Waals surface area contributed by atoms with Gasteiger partial charge in [-0.3, -0.25) is 9.69 Å². The van der Waals surface area contributed by atoms with E-state index in [1.54, 1.807) is 23.2 Å². The number of cyclic esters (lactones) is 1. The van der Waals surface area contributed by atoms with Gasteiger partial charge in [0.05, 0.1) is 29.6 Å². The number of anilines is 3. The van der Waals surface area contributed by atoms with Crippen LogP contribution in [0, 0.1) is 23.2 Å². The summed E-state index contributed by atoms with van der Waals surface area (Å²) in [7, 11) is 0. The Kier molecular flexibility index (Phi) is 4.07. The molecule has 2 heterocycles. The maximum absolute atomic E-state index is 12.2. The zero-order chi connectivity index (χ0) is 19.1. The van der Waals surface area contributed by atoms with E-state index < -0.39 is 0 Å². The molecule has 2 fully saturated rings. The Bertz CT molecular complexity index is 983. The second-order valence-corrected chi connectivity index (χ2v) is 6.90. The molecule has 0 spiro atoms. The van der Waals surface area contributed by atoms with Crippen LogP contribution in [0.1, 0.15) is 19.8 Å². The molecule has 8 heteroatoms. The lowest BCUT2D eigenvalue weighted by Crippen LogP contribution is -2.32. The number of nitrogen functional groups attached to an aromatic ring is 1. The van der Waals surface area contributed by atoms with Crippen molar-refractivity contribution < 1.29 is 14.3 Å². The summed E-state index contributed by atoms with van der Waals surface area (Å²) in [5.74, 6) is -0.288. The van der Waals surface area contributed by atoms with Crippen molar-refractivity contribution in [1.82, 2.24) is 4.98 Å². The maximum Gasteiger partial charge on any atom is 0.414 e. The minimum Gasteiger partial charge on any atom is -0.447 e. The minimum absolute atomic E-state index is 0.0341. The van der Waals surface area contributed by atoms with Crippen LogP contribution in [0.15, 0.2) is 24.4 Å². The average Bonchev–Trinajstić information content (AvgIpc) is 3.36. The number of carbonyl (C=O) groups is 2. The lowest BCUT2D eigenvalue weighted by Gasteiger charge is -2.21. The Morgan fingerprint density at radius 1 is 1.48 bits per heavy atom. The monoisotopic (exact) mass is 365 g/mol. The molecular formula is C19H19N5O3. The van der Waals surface area contributed by atoms with Gasteiger partial charge in [0, 0.05) is 17.3 Å². The van der Waals surface area contributed by atoms with E-state index in [4.69, 9.17) is 15.7 Å². The number of hydrogen-bond acceptors (Lipinski definition) is 6. The van der Waals surface area contributed by atoms with E-state index >= 15 is 0 Å². The second kappa shape index (κ2) is 6.43. The molecule has 4 rings (SSSR count). The summed E-state index contributed by atoms with van der Waals surface area (Å²) in [6.45, 7) is 2.35. The van der Waals surface area contributed by atoms with Crippen LogP contribution in [0.5, 0.6) is 0 Å². The summed E-state index contributed by atoms with van der Waals surface area (Å²) >= 11 is 0. The number of fused-ring (bicyclic) bond motifs is 1. The summed E-state index contributed by atoms with van der Waals surface area (Å²) in [5.41, 5.74) is 7.31. The number of carbonyl (C=O) groups excluding carboxylic acids is 2. The van der Waals surface area contributed by atoms with Crippen LogP contribution in [0.25, 0.3) is 10.8 Å². The molecule has 27 heavy (non-hydrogen) atoms. The van der Waals surface area contributed by atoms with Gasteiger partial charge in [0.25, 0.3) is 0 Å². The van der Waals surface area contributed by atoms with Crippen LogP contribution in [0.3, 0.4) is 0 Å². The fraction of sp³-hybridized carbons (Fsp3) is 0.368. The number of amides is 2. The molecule has 0 radical (unpaired) electrons. The first-order chi connectivity index (χ1) is 13.0. The number of pyridine rings is 1. The lowest BCUT2D eigenvalue weighted by molar-refractivity contribution is -0.117. The van der Waals surface area contributed by atoms with Crippen LogP contribution in [0.2, 0.25) is 0 Å². The van der Waals surface area contributed by atoms with Gasteiger partial charge in [0.15, 0.2) is 0 Å². The number of hydrogen-bond donors (Lipinski definition) is 2. The highest BCUT2D eigenvalue weighted by Gasteiger charge is 2.43. The number of nitrogens with one attached hydrogen (secondary N) is 1. The first kappa shape index (κ1) is 17.1. The summed E-state index contributed by atoms with van der Waals surface area (Å²) in [6.07, 6.45) is 2.56. The number of ether oxygens (including phenoxy) is 1. The van der Waals surface area contributed by atoms with Crippen molar-refractivity contribution in [2.45, 2.75) is 25.8 Å². The van der Waals surface area contributed by atoms with E-state index in [1.165, 1.54) is 0 Å². The van der Waals surface area contributed by atoms with Crippen molar-refractivity contribution in [2.75, 3.05) is 22.6 Å². The van der Waals surface area contributed by atoms with E-state index in [0.29, 0.717) is 30.2 Å². The predicted molar refractivity (Wildman–Crippen MR) is 99.9 cm³/mol. The maximum atomic E-state index is 12.2. The van der Waals surface area contributed by atoms with Crippen molar-refractivity contribution in [3.63, 3.8) is 0 Å². The van der Waals surface area contributed by atoms with Gasteiger partial charge in [-0.1, -0.05) is 6.92 Å². The minimum atomic E-state index is -0.389. The van der Waals surface area contributed by atoms with Crippen molar-refractivity contribution >= 4 is 40.0 Å². The Hall–Kier alpha value is -3.34. The third-order valence-corrected chi connectivity index (χ3v) is 5.11. The smallest absolute Gasteiger partial charge is 0.414 e. The molecule has 1 aliphatic carbocycles. The summed E-state index contributed by atoms with van der Waals surface area (Å²) in [5, 5.41) is 13.1. The number of nitrogens with two attached hydrogens (primary N) is 1. The molecule has 1 aromatic heterocycles. The quantitative estimate of drug-likeness (QED) is 0.803. The number of nitrogens with zero attached hydrogens (tertiary/aromatic N) is 3. The highest BCUT2D eigenvalue weighted by molar-refractivity contribution is 6.02. The first-order valence-corrected chi connectivity index (χ1v) is 8.87. The third kappa shape index (κ3) is 3.01. The summed E-state index contributed by atoms with van der Waals surface area (Å²) in [6, 6.07) is 7.36. The molecule has 138 valence electrons. The average molecular weight is 365 g/mol. The standard InChI is InChI=1S/C19H19N5O3/c1-2-12-9-27-19(26)24(12)13-3-10-5-17(22-8-15(10)16(21)6-13)23-18(25)14-4-11(14)7-20/h3,5-6,8,11-12,14H,2,4,9,21H2,1H3,(H,22,23,25). The SMILES string of the molecule is CCC1COC(=O)N1c1cc(N)c2cnc(NC(=O)C3CC3C#N)cc2c1. The third-order valence-electron chi connectivity index (χ3n) is 5.11. The molecule has 3 N–H and O–H groups in total. The Labute approximate surface area is 155 Å². The topological polar surface area (TPSA) is 121 Å². The van der Waals surface area contributed by atoms with Crippen molar-refractivity contribution in [2.24, 2.45) is 11.8 Å². The van der Waals surface area contributed by atoms with Crippen LogP contribution < -0.4 is 16.0 Å². The molecule has 3 atom stereocenters. The summed E-state index contributed by atoms with van der Waals surface area (Å²) in [4.78, 5) is 30.1. The van der Waals surface area contributed by atoms with E-state index in [1.807, 2.05) is 13.0 Å². The highest BCUT2D eigenvalue weighted by Crippen LogP contribution is 2.38. The number of aromatic nitrogens is 1. The fourth-order valence-corrected chi connectivity index (χ4v) is 3.40. The fourth-order valence-electron chi connectivity index (χ4n) is 3.40. The highest BCUT2D eigenvalue weighted by atomic mass is 16.6. The lowest BCUT2D eigenvalue weighted by atomic mass is 10.1. The largest absolute Gasteiger partial charge is 0.447 e. The Balaban J connectivity index is 1.65. The molecule has 1 saturated carbocycles. The zero-order valence-corrected chi connectivity index (χ0v) is 14.8. The molecule has 1 saturated heterocycles. The van der Waals surface area contributed by atoms with Gasteiger partial charge in [0.1, 0.15) is 12.4 Å². The zero-order valence-electron chi connectivity index (χ0n) is 14.8. The van der Waals surface area contributed by atoms with Gasteiger partial charge in [0.2, 0.25) is 5.91 Å². The van der Waals surface area contributed by atoms with E-state index in [9.17, 15) is 9.59 Å². The first-order valence-electron chi connectivity index (χ1n) is 8.87. The molecule has 1 aromatic carbocycles. The van der Waals surface area contributed by atoms with Gasteiger partial charge >= 0.3 is 6.09 Å². The predicted octanol–water partition coefficient (Wildman–Crippen LogP) is 2.65. The molecule has 2 aromatic rings. The van der Waals surface area contributed by atoms with E-state index in [2.05, 4.69) is 16.4 Å². The normalized spacial score (nSPS) is 23.8. The molecule has 2 amide bonds. The number of nitriles is 1. The van der Waals surface area contributed by atoms with Crippen molar-refractivity contribution in [3.8, 4) is 6.07 Å². The van der Waals surface area contributed by atoms with Crippen LogP contribution in [0.4, 0.5) is 22.0 Å². The van der Waals surface area contributed by atoms with E-state index in [0.717, 1.165) is 17.2 Å². The number of rotatable bonds is 4. The molecule has 1 aliphatic heterocycles.